The van der Waals surface area contributed by atoms with Crippen molar-refractivity contribution in [2.45, 2.75) is 6.92 Å². The molecule has 1 unspecified atom stereocenters. The average molecular weight is 301 g/mol. The first kappa shape index (κ1) is 16.6. The average Bonchev–Trinajstić information content (AvgIpc) is 2.36. The molecule has 0 aromatic heterocycles. The standard InChI is InChI=1S/C14H20N2O3.ClH/c1-9(10-7-15-8-10)14(17)16-12-6-11(18-2)4-5-13(12)19-3;/h4-6,9-10,15H,7-8H2,1-3H3,(H,16,17);1H. The maximum absolute atomic E-state index is 12.2. The Morgan fingerprint density at radius 3 is 2.55 bits per heavy atom. The van der Waals surface area contributed by atoms with E-state index in [2.05, 4.69) is 10.6 Å². The van der Waals surface area contributed by atoms with Crippen LogP contribution in [0.5, 0.6) is 11.5 Å². The lowest BCUT2D eigenvalue weighted by molar-refractivity contribution is -0.121. The highest BCUT2D eigenvalue weighted by Gasteiger charge is 2.29. The van der Waals surface area contributed by atoms with Gasteiger partial charge < -0.3 is 20.1 Å². The number of hydrogen-bond acceptors (Lipinski definition) is 4. The minimum Gasteiger partial charge on any atom is -0.497 e. The topological polar surface area (TPSA) is 59.6 Å². The van der Waals surface area contributed by atoms with Crippen LogP contribution in [0.25, 0.3) is 0 Å². The van der Waals surface area contributed by atoms with E-state index in [1.807, 2.05) is 6.92 Å². The van der Waals surface area contributed by atoms with Gasteiger partial charge in [-0.05, 0) is 31.1 Å². The fourth-order valence-electron chi connectivity index (χ4n) is 2.04. The molecule has 1 aliphatic rings. The summed E-state index contributed by atoms with van der Waals surface area (Å²) in [7, 11) is 3.17. The van der Waals surface area contributed by atoms with E-state index in [0.29, 0.717) is 23.1 Å². The van der Waals surface area contributed by atoms with Gasteiger partial charge in [-0.15, -0.1) is 12.4 Å². The van der Waals surface area contributed by atoms with Crippen molar-refractivity contribution in [3.63, 3.8) is 0 Å². The molecule has 0 bridgehead atoms. The van der Waals surface area contributed by atoms with Crippen molar-refractivity contribution in [2.75, 3.05) is 32.6 Å². The van der Waals surface area contributed by atoms with Gasteiger partial charge >= 0.3 is 0 Å². The molecule has 0 saturated carbocycles. The summed E-state index contributed by atoms with van der Waals surface area (Å²) in [6.45, 7) is 3.77. The first-order chi connectivity index (χ1) is 9.15. The second kappa shape index (κ2) is 7.36. The van der Waals surface area contributed by atoms with Gasteiger partial charge in [-0.1, -0.05) is 6.92 Å². The smallest absolute Gasteiger partial charge is 0.227 e. The summed E-state index contributed by atoms with van der Waals surface area (Å²) in [5, 5.41) is 6.09. The molecule has 1 saturated heterocycles. The fourth-order valence-corrected chi connectivity index (χ4v) is 2.04. The van der Waals surface area contributed by atoms with Crippen LogP contribution >= 0.6 is 12.4 Å². The summed E-state index contributed by atoms with van der Waals surface area (Å²) >= 11 is 0. The molecule has 20 heavy (non-hydrogen) atoms. The first-order valence-electron chi connectivity index (χ1n) is 6.39. The molecule has 2 rings (SSSR count). The highest BCUT2D eigenvalue weighted by atomic mass is 35.5. The third-order valence-electron chi connectivity index (χ3n) is 3.60. The number of methoxy groups -OCH3 is 2. The Labute approximate surface area is 125 Å². The lowest BCUT2D eigenvalue weighted by Gasteiger charge is -2.31. The van der Waals surface area contributed by atoms with Crippen molar-refractivity contribution in [2.24, 2.45) is 11.8 Å². The maximum atomic E-state index is 12.2. The molecule has 5 nitrogen and oxygen atoms in total. The summed E-state index contributed by atoms with van der Waals surface area (Å²) in [5.74, 6) is 1.73. The van der Waals surface area contributed by atoms with Crippen molar-refractivity contribution in [1.82, 2.24) is 5.32 Å². The minimum absolute atomic E-state index is 0. The Balaban J connectivity index is 0.00000200. The predicted octanol–water partition coefficient (Wildman–Crippen LogP) is 1.92. The Morgan fingerprint density at radius 2 is 2.05 bits per heavy atom. The van der Waals surface area contributed by atoms with Crippen LogP contribution < -0.4 is 20.1 Å². The van der Waals surface area contributed by atoms with E-state index in [-0.39, 0.29) is 24.2 Å². The molecule has 1 aliphatic heterocycles. The summed E-state index contributed by atoms with van der Waals surface area (Å²) in [6, 6.07) is 5.35. The monoisotopic (exact) mass is 300 g/mol. The van der Waals surface area contributed by atoms with Crippen LogP contribution in [0.3, 0.4) is 0 Å². The molecular formula is C14H21ClN2O3. The number of hydrogen-bond donors (Lipinski definition) is 2. The molecule has 2 N–H and O–H groups in total. The van der Waals surface area contributed by atoms with Gasteiger partial charge in [0.15, 0.2) is 0 Å². The molecule has 1 amide bonds. The molecule has 6 heteroatoms. The zero-order valence-electron chi connectivity index (χ0n) is 11.9. The number of nitrogens with one attached hydrogen (secondary N) is 2. The number of amides is 1. The van der Waals surface area contributed by atoms with Gasteiger partial charge in [-0.25, -0.2) is 0 Å². The lowest BCUT2D eigenvalue weighted by Crippen LogP contribution is -2.48. The number of ether oxygens (including phenoxy) is 2. The second-order valence-corrected chi connectivity index (χ2v) is 4.76. The van der Waals surface area contributed by atoms with Gasteiger partial charge in [0, 0.05) is 12.0 Å². The molecule has 1 heterocycles. The molecule has 0 spiro atoms. The molecule has 0 radical (unpaired) electrons. The first-order valence-corrected chi connectivity index (χ1v) is 6.39. The largest absolute Gasteiger partial charge is 0.497 e. The highest BCUT2D eigenvalue weighted by molar-refractivity contribution is 5.94. The Morgan fingerprint density at radius 1 is 1.35 bits per heavy atom. The predicted molar refractivity (Wildman–Crippen MR) is 80.9 cm³/mol. The van der Waals surface area contributed by atoms with Crippen LogP contribution in [0, 0.1) is 11.8 Å². The molecule has 0 aliphatic carbocycles. The van der Waals surface area contributed by atoms with E-state index in [0.717, 1.165) is 13.1 Å². The van der Waals surface area contributed by atoms with Crippen molar-refractivity contribution < 1.29 is 14.3 Å². The summed E-state index contributed by atoms with van der Waals surface area (Å²) in [6.07, 6.45) is 0. The molecule has 1 aromatic carbocycles. The Bertz CT molecular complexity index is 464. The second-order valence-electron chi connectivity index (χ2n) is 4.76. The zero-order valence-corrected chi connectivity index (χ0v) is 12.8. The quantitative estimate of drug-likeness (QED) is 0.872. The zero-order chi connectivity index (χ0) is 13.8. The molecule has 1 fully saturated rings. The summed E-state index contributed by atoms with van der Waals surface area (Å²) in [4.78, 5) is 12.2. The number of rotatable bonds is 5. The van der Waals surface area contributed by atoms with E-state index in [1.165, 1.54) is 0 Å². The fraction of sp³-hybridized carbons (Fsp3) is 0.500. The number of benzene rings is 1. The van der Waals surface area contributed by atoms with Crippen LogP contribution in [0.4, 0.5) is 5.69 Å². The number of halogens is 1. The van der Waals surface area contributed by atoms with E-state index < -0.39 is 0 Å². The third kappa shape index (κ3) is 3.55. The van der Waals surface area contributed by atoms with Gasteiger partial charge in [0.2, 0.25) is 5.91 Å². The van der Waals surface area contributed by atoms with Crippen LogP contribution in [-0.2, 0) is 4.79 Å². The minimum atomic E-state index is -0.0165. The summed E-state index contributed by atoms with van der Waals surface area (Å²) in [5.41, 5.74) is 0.644. The van der Waals surface area contributed by atoms with E-state index >= 15 is 0 Å². The van der Waals surface area contributed by atoms with Crippen molar-refractivity contribution in [1.29, 1.82) is 0 Å². The van der Waals surface area contributed by atoms with E-state index in [1.54, 1.807) is 32.4 Å². The third-order valence-corrected chi connectivity index (χ3v) is 3.60. The van der Waals surface area contributed by atoms with Crippen molar-refractivity contribution in [3.05, 3.63) is 18.2 Å². The SMILES string of the molecule is COc1ccc(OC)c(NC(=O)C(C)C2CNC2)c1.Cl. The molecule has 112 valence electrons. The Hall–Kier alpha value is -1.46. The van der Waals surface area contributed by atoms with Gasteiger partial charge in [-0.3, -0.25) is 4.79 Å². The van der Waals surface area contributed by atoms with E-state index in [4.69, 9.17) is 9.47 Å². The Kier molecular flexibility index (Phi) is 6.10. The van der Waals surface area contributed by atoms with E-state index in [9.17, 15) is 4.79 Å². The maximum Gasteiger partial charge on any atom is 0.227 e. The molecular weight excluding hydrogens is 280 g/mol. The van der Waals surface area contributed by atoms with Crippen molar-refractivity contribution in [3.8, 4) is 11.5 Å². The van der Waals surface area contributed by atoms with Crippen LogP contribution in [-0.4, -0.2) is 33.2 Å². The van der Waals surface area contributed by atoms with Gasteiger partial charge in [0.1, 0.15) is 11.5 Å². The van der Waals surface area contributed by atoms with Crippen molar-refractivity contribution >= 4 is 24.0 Å². The highest BCUT2D eigenvalue weighted by Crippen LogP contribution is 2.30. The van der Waals surface area contributed by atoms with Gasteiger partial charge in [-0.2, -0.15) is 0 Å². The van der Waals surface area contributed by atoms with Crippen LogP contribution in [0.1, 0.15) is 6.92 Å². The number of anilines is 1. The summed E-state index contributed by atoms with van der Waals surface area (Å²) < 4.78 is 10.4. The van der Waals surface area contributed by atoms with Gasteiger partial charge in [0.25, 0.3) is 0 Å². The van der Waals surface area contributed by atoms with Crippen LogP contribution in [0.2, 0.25) is 0 Å². The molecule has 1 atom stereocenters. The lowest BCUT2D eigenvalue weighted by atomic mass is 9.88. The number of carbonyl (C=O) groups is 1. The van der Waals surface area contributed by atoms with Gasteiger partial charge in [0.05, 0.1) is 19.9 Å². The van der Waals surface area contributed by atoms with Crippen LogP contribution in [0.15, 0.2) is 18.2 Å². The molecule has 1 aromatic rings. The normalized spacial score (nSPS) is 15.6. The number of carbonyl (C=O) groups excluding carboxylic acids is 1.